The maximum Gasteiger partial charge on any atom is 0.247 e. The predicted molar refractivity (Wildman–Crippen MR) is 178 cm³/mol. The average molecular weight is 578 g/mol. The minimum Gasteiger partial charge on any atom is -0.495 e. The van der Waals surface area contributed by atoms with E-state index in [1.54, 1.807) is 20.4 Å². The average Bonchev–Trinajstić information content (AvgIpc) is 3.42. The van der Waals surface area contributed by atoms with Gasteiger partial charge in [-0.25, -0.2) is 4.98 Å². The molecular formula is C34H39N7O2. The molecule has 0 saturated carbocycles. The van der Waals surface area contributed by atoms with Crippen LogP contribution in [0.2, 0.25) is 0 Å². The third-order valence-corrected chi connectivity index (χ3v) is 8.15. The number of H-pyrrole nitrogens is 1. The molecule has 5 rings (SSSR count). The van der Waals surface area contributed by atoms with Crippen molar-refractivity contribution >= 4 is 39.6 Å². The quantitative estimate of drug-likeness (QED) is 0.189. The number of anilines is 2. The number of nitrogens with one attached hydrogen (secondary N) is 2. The van der Waals surface area contributed by atoms with Gasteiger partial charge in [0, 0.05) is 79.4 Å². The van der Waals surface area contributed by atoms with Crippen LogP contribution in [0.1, 0.15) is 18.1 Å². The van der Waals surface area contributed by atoms with Gasteiger partial charge in [0.15, 0.2) is 0 Å². The lowest BCUT2D eigenvalue weighted by Gasteiger charge is -2.34. The molecule has 0 atom stereocenters. The maximum atomic E-state index is 12.3. The molecule has 3 heterocycles. The van der Waals surface area contributed by atoms with E-state index in [0.29, 0.717) is 17.1 Å². The summed E-state index contributed by atoms with van der Waals surface area (Å²) in [6, 6.07) is 14.7. The van der Waals surface area contributed by atoms with E-state index in [1.807, 2.05) is 32.0 Å². The Bertz CT molecular complexity index is 1730. The van der Waals surface area contributed by atoms with Gasteiger partial charge in [0.2, 0.25) is 5.91 Å². The van der Waals surface area contributed by atoms with Crippen LogP contribution >= 0.6 is 0 Å². The molecule has 0 spiro atoms. The number of aromatic nitrogens is 2. The third kappa shape index (κ3) is 5.76. The van der Waals surface area contributed by atoms with Gasteiger partial charge in [-0.1, -0.05) is 30.8 Å². The Balaban J connectivity index is 1.74. The van der Waals surface area contributed by atoms with Crippen molar-refractivity contribution in [3.63, 3.8) is 0 Å². The molecule has 1 amide bonds. The first-order valence-electron chi connectivity index (χ1n) is 14.3. The van der Waals surface area contributed by atoms with Gasteiger partial charge in [0.05, 0.1) is 18.2 Å². The molecular weight excluding hydrogens is 538 g/mol. The first kappa shape index (κ1) is 29.6. The Morgan fingerprint density at radius 1 is 1.14 bits per heavy atom. The zero-order valence-corrected chi connectivity index (χ0v) is 25.5. The van der Waals surface area contributed by atoms with Gasteiger partial charge in [-0.2, -0.15) is 0 Å². The fourth-order valence-corrected chi connectivity index (χ4v) is 5.56. The summed E-state index contributed by atoms with van der Waals surface area (Å²) in [5, 5.41) is 3.75. The summed E-state index contributed by atoms with van der Waals surface area (Å²) in [7, 11) is 5.54. The predicted octanol–water partition coefficient (Wildman–Crippen LogP) is 5.48. The minimum atomic E-state index is -0.271. The number of carbonyl (C=O) groups is 1. The number of piperazine rings is 1. The number of rotatable bonds is 8. The normalized spacial score (nSPS) is 14.7. The summed E-state index contributed by atoms with van der Waals surface area (Å²) >= 11 is 0. The van der Waals surface area contributed by atoms with E-state index in [-0.39, 0.29) is 5.91 Å². The molecule has 4 aromatic rings. The first-order valence-corrected chi connectivity index (χ1v) is 14.3. The Labute approximate surface area is 252 Å². The first-order chi connectivity index (χ1) is 20.8. The van der Waals surface area contributed by atoms with E-state index >= 15 is 0 Å². The van der Waals surface area contributed by atoms with Crippen molar-refractivity contribution in [2.75, 3.05) is 57.6 Å². The summed E-state index contributed by atoms with van der Waals surface area (Å²) in [5.74, 6) is 0.362. The van der Waals surface area contributed by atoms with E-state index in [2.05, 4.69) is 63.0 Å². The second-order valence-electron chi connectivity index (χ2n) is 10.8. The number of ether oxygens (including phenoxy) is 1. The molecule has 9 heteroatoms. The van der Waals surface area contributed by atoms with E-state index in [1.165, 1.54) is 18.0 Å². The smallest absolute Gasteiger partial charge is 0.247 e. The van der Waals surface area contributed by atoms with Crippen molar-refractivity contribution < 1.29 is 9.53 Å². The lowest BCUT2D eigenvalue weighted by molar-refractivity contribution is -0.111. The van der Waals surface area contributed by atoms with Crippen LogP contribution in [0.4, 0.5) is 11.4 Å². The van der Waals surface area contributed by atoms with Gasteiger partial charge in [0.1, 0.15) is 11.4 Å². The number of carbonyl (C=O) groups excluding carboxylic acids is 1. The number of allylic oxidation sites excluding steroid dienone is 1. The molecule has 0 radical (unpaired) electrons. The van der Waals surface area contributed by atoms with Crippen molar-refractivity contribution in [2.24, 2.45) is 10.7 Å². The summed E-state index contributed by atoms with van der Waals surface area (Å²) in [6.45, 7) is 11.5. The van der Waals surface area contributed by atoms with Crippen molar-refractivity contribution in [1.82, 2.24) is 14.9 Å². The molecule has 1 aliphatic rings. The number of benzene rings is 2. The van der Waals surface area contributed by atoms with Gasteiger partial charge in [-0.15, -0.1) is 0 Å². The molecule has 0 bridgehead atoms. The number of hydrogen-bond donors (Lipinski definition) is 3. The number of hydrogen-bond acceptors (Lipinski definition) is 7. The van der Waals surface area contributed by atoms with E-state index < -0.39 is 0 Å². The largest absolute Gasteiger partial charge is 0.495 e. The van der Waals surface area contributed by atoms with Crippen molar-refractivity contribution in [3.05, 3.63) is 78.6 Å². The fourth-order valence-electron chi connectivity index (χ4n) is 5.56. The molecule has 4 N–H and O–H groups in total. The standard InChI is InChI=1S/C34H39N7O2/c1-7-29(42)38-28-18-24(9-8-21(28)2)30-31-33(43-6)27(26(19-35)22(3)36-4)20-37-34(31)39-32(30)23-10-12-25(13-11-23)41-16-14-40(5)15-17-41/h7-13,18-20H,1,14-17,35H2,2-6H3,(H,37,39)(H,38,42)/b26-19+,36-22?. The lowest BCUT2D eigenvalue weighted by atomic mass is 9.94. The molecule has 2 aromatic carbocycles. The maximum absolute atomic E-state index is 12.3. The zero-order valence-electron chi connectivity index (χ0n) is 25.5. The van der Waals surface area contributed by atoms with Crippen molar-refractivity contribution in [2.45, 2.75) is 13.8 Å². The second-order valence-corrected chi connectivity index (χ2v) is 10.8. The highest BCUT2D eigenvalue weighted by Gasteiger charge is 2.24. The summed E-state index contributed by atoms with van der Waals surface area (Å²) in [4.78, 5) is 29.8. The van der Waals surface area contributed by atoms with Crippen molar-refractivity contribution in [3.8, 4) is 28.1 Å². The van der Waals surface area contributed by atoms with Crippen LogP contribution in [0.25, 0.3) is 39.0 Å². The SMILES string of the molecule is C=CC(=O)Nc1cc(-c2c(-c3ccc(N4CCN(C)CC4)cc3)[nH]c3ncc(/C(=C/N)C(C)=NC)c(OC)c23)ccc1C. The molecule has 43 heavy (non-hydrogen) atoms. The van der Waals surface area contributed by atoms with E-state index in [9.17, 15) is 4.79 Å². The molecule has 1 saturated heterocycles. The van der Waals surface area contributed by atoms with Crippen molar-refractivity contribution in [1.29, 1.82) is 0 Å². The van der Waals surface area contributed by atoms with Gasteiger partial charge < -0.3 is 30.6 Å². The second kappa shape index (κ2) is 12.5. The molecule has 0 aliphatic carbocycles. The highest BCUT2D eigenvalue weighted by Crippen LogP contribution is 2.45. The number of pyridine rings is 1. The van der Waals surface area contributed by atoms with Crippen LogP contribution in [0, 0.1) is 6.92 Å². The molecule has 0 unspecified atom stereocenters. The Morgan fingerprint density at radius 3 is 2.47 bits per heavy atom. The molecule has 1 fully saturated rings. The van der Waals surface area contributed by atoms with Gasteiger partial charge in [0.25, 0.3) is 0 Å². The van der Waals surface area contributed by atoms with Crippen LogP contribution < -0.4 is 20.7 Å². The number of amides is 1. The van der Waals surface area contributed by atoms with Gasteiger partial charge in [-0.05, 0) is 61.9 Å². The molecule has 2 aromatic heterocycles. The molecule has 9 nitrogen and oxygen atoms in total. The topological polar surface area (TPSA) is 112 Å². The lowest BCUT2D eigenvalue weighted by Crippen LogP contribution is -2.44. The highest BCUT2D eigenvalue weighted by atomic mass is 16.5. The Kier molecular flexibility index (Phi) is 8.63. The summed E-state index contributed by atoms with van der Waals surface area (Å²) in [5.41, 5.74) is 15.5. The van der Waals surface area contributed by atoms with E-state index in [4.69, 9.17) is 15.5 Å². The van der Waals surface area contributed by atoms with E-state index in [0.717, 1.165) is 76.4 Å². The number of aliphatic imine (C=N–C) groups is 1. The molecule has 1 aliphatic heterocycles. The number of likely N-dealkylation sites (N-methyl/N-ethyl adjacent to an activating group) is 1. The van der Waals surface area contributed by atoms with Crippen LogP contribution in [-0.4, -0.2) is 73.9 Å². The van der Waals surface area contributed by atoms with Crippen LogP contribution in [0.5, 0.6) is 5.75 Å². The number of aryl methyl sites for hydroxylation is 1. The van der Waals surface area contributed by atoms with Crippen LogP contribution in [0.15, 0.2) is 72.5 Å². The summed E-state index contributed by atoms with van der Waals surface area (Å²) in [6.07, 6.45) is 4.56. The molecule has 222 valence electrons. The fraction of sp³-hybridized carbons (Fsp3) is 0.265. The minimum absolute atomic E-state index is 0.271. The van der Waals surface area contributed by atoms with Gasteiger partial charge in [-0.3, -0.25) is 9.79 Å². The third-order valence-electron chi connectivity index (χ3n) is 8.15. The number of nitrogens with zero attached hydrogens (tertiary/aromatic N) is 4. The Morgan fingerprint density at radius 2 is 1.84 bits per heavy atom. The van der Waals surface area contributed by atoms with Crippen LogP contribution in [-0.2, 0) is 4.79 Å². The van der Waals surface area contributed by atoms with Gasteiger partial charge >= 0.3 is 0 Å². The Hall–Kier alpha value is -4.89. The number of nitrogens with two attached hydrogens (primary N) is 1. The zero-order chi connectivity index (χ0) is 30.7. The number of aromatic amines is 1. The number of methoxy groups -OCH3 is 1. The summed E-state index contributed by atoms with van der Waals surface area (Å²) < 4.78 is 6.09. The monoisotopic (exact) mass is 577 g/mol. The van der Waals surface area contributed by atoms with Crippen LogP contribution in [0.3, 0.4) is 0 Å². The number of fused-ring (bicyclic) bond motifs is 1. The highest BCUT2D eigenvalue weighted by molar-refractivity contribution is 6.24.